The second-order valence-electron chi connectivity index (χ2n) is 5.25. The Kier molecular flexibility index (Phi) is 2.85. The van der Waals surface area contributed by atoms with Crippen molar-refractivity contribution in [3.63, 3.8) is 0 Å². The fraction of sp³-hybridized carbons (Fsp3) is 0.333. The van der Waals surface area contributed by atoms with Crippen LogP contribution in [0.2, 0.25) is 0 Å². The highest BCUT2D eigenvalue weighted by Gasteiger charge is 2.45. The summed E-state index contributed by atoms with van der Waals surface area (Å²) in [5.74, 6) is 0.0748. The quantitative estimate of drug-likeness (QED) is 0.886. The minimum Gasteiger partial charge on any atom is -0.323 e. The van der Waals surface area contributed by atoms with E-state index in [2.05, 4.69) is 40.6 Å². The van der Waals surface area contributed by atoms with E-state index in [1.807, 2.05) is 6.07 Å². The van der Waals surface area contributed by atoms with Gasteiger partial charge in [-0.2, -0.15) is 5.10 Å². The molecule has 2 N–H and O–H groups in total. The summed E-state index contributed by atoms with van der Waals surface area (Å²) in [6.07, 6.45) is 6.26. The van der Waals surface area contributed by atoms with E-state index in [9.17, 15) is 4.79 Å². The van der Waals surface area contributed by atoms with Gasteiger partial charge in [0.1, 0.15) is 0 Å². The van der Waals surface area contributed by atoms with Gasteiger partial charge in [0.2, 0.25) is 5.91 Å². The van der Waals surface area contributed by atoms with Crippen LogP contribution in [0, 0.1) is 6.92 Å². The first-order valence-corrected chi connectivity index (χ1v) is 6.58. The molecule has 0 unspecified atom stereocenters. The van der Waals surface area contributed by atoms with Crippen LogP contribution >= 0.6 is 0 Å². The van der Waals surface area contributed by atoms with Crippen LogP contribution in [0.25, 0.3) is 0 Å². The molecule has 0 saturated heterocycles. The molecule has 0 aliphatic heterocycles. The van der Waals surface area contributed by atoms with Crippen LogP contribution in [0.4, 0.5) is 5.69 Å². The smallest absolute Gasteiger partial charge is 0.235 e. The maximum Gasteiger partial charge on any atom is 0.235 e. The summed E-state index contributed by atoms with van der Waals surface area (Å²) < 4.78 is 0. The van der Waals surface area contributed by atoms with Crippen LogP contribution in [-0.2, 0) is 10.2 Å². The Morgan fingerprint density at radius 3 is 2.84 bits per heavy atom. The summed E-state index contributed by atoms with van der Waals surface area (Å²) >= 11 is 0. The van der Waals surface area contributed by atoms with Crippen molar-refractivity contribution in [2.45, 2.75) is 31.6 Å². The van der Waals surface area contributed by atoms with E-state index in [-0.39, 0.29) is 11.3 Å². The van der Waals surface area contributed by atoms with Crippen LogP contribution in [-0.4, -0.2) is 16.1 Å². The van der Waals surface area contributed by atoms with E-state index in [1.54, 1.807) is 12.4 Å². The minimum absolute atomic E-state index is 0.0748. The number of rotatable bonds is 3. The molecule has 1 aliphatic carbocycles. The molecule has 3 rings (SSSR count). The lowest BCUT2D eigenvalue weighted by Crippen LogP contribution is -2.46. The predicted octanol–water partition coefficient (Wildman–Crippen LogP) is 2.78. The Hall–Kier alpha value is -2.10. The molecule has 98 valence electrons. The van der Waals surface area contributed by atoms with Crippen LogP contribution in [0.5, 0.6) is 0 Å². The zero-order chi connectivity index (χ0) is 13.3. The number of hydrogen-bond acceptors (Lipinski definition) is 2. The number of aromatic nitrogens is 2. The lowest BCUT2D eigenvalue weighted by molar-refractivity contribution is -0.124. The number of nitrogens with one attached hydrogen (secondary N) is 2. The Bertz CT molecular complexity index is 585. The van der Waals surface area contributed by atoms with Crippen molar-refractivity contribution >= 4 is 11.6 Å². The van der Waals surface area contributed by atoms with Crippen molar-refractivity contribution < 1.29 is 4.79 Å². The molecule has 1 fully saturated rings. The van der Waals surface area contributed by atoms with Gasteiger partial charge in [0.05, 0.1) is 17.3 Å². The number of amides is 1. The Morgan fingerprint density at radius 1 is 1.42 bits per heavy atom. The number of H-pyrrole nitrogens is 1. The average molecular weight is 255 g/mol. The maximum atomic E-state index is 12.6. The topological polar surface area (TPSA) is 57.8 Å². The highest BCUT2D eigenvalue weighted by Crippen LogP contribution is 2.44. The van der Waals surface area contributed by atoms with E-state index in [0.29, 0.717) is 0 Å². The van der Waals surface area contributed by atoms with Gasteiger partial charge in [-0.25, -0.2) is 0 Å². The SMILES string of the molecule is Cc1cccc(C2(C(=O)Nc3cn[nH]c3)CCC2)c1. The van der Waals surface area contributed by atoms with Gasteiger partial charge >= 0.3 is 0 Å². The number of hydrogen-bond donors (Lipinski definition) is 2. The highest BCUT2D eigenvalue weighted by atomic mass is 16.2. The largest absolute Gasteiger partial charge is 0.323 e. The van der Waals surface area contributed by atoms with E-state index < -0.39 is 0 Å². The molecule has 2 aromatic rings. The minimum atomic E-state index is -0.358. The lowest BCUT2D eigenvalue weighted by atomic mass is 9.63. The molecular weight excluding hydrogens is 238 g/mol. The number of benzene rings is 1. The molecular formula is C15H17N3O. The Labute approximate surface area is 112 Å². The first-order chi connectivity index (χ1) is 9.21. The normalized spacial score (nSPS) is 16.7. The fourth-order valence-corrected chi connectivity index (χ4v) is 2.69. The van der Waals surface area contributed by atoms with Gasteiger partial charge in [0.25, 0.3) is 0 Å². The zero-order valence-corrected chi connectivity index (χ0v) is 10.9. The van der Waals surface area contributed by atoms with Crippen LogP contribution in [0.1, 0.15) is 30.4 Å². The molecule has 0 radical (unpaired) electrons. The number of aryl methyl sites for hydroxylation is 1. The third-order valence-electron chi connectivity index (χ3n) is 3.97. The van der Waals surface area contributed by atoms with Gasteiger partial charge in [-0.05, 0) is 25.3 Å². The molecule has 0 bridgehead atoms. The second kappa shape index (κ2) is 4.53. The van der Waals surface area contributed by atoms with Crippen LogP contribution < -0.4 is 5.32 Å². The molecule has 4 nitrogen and oxygen atoms in total. The monoisotopic (exact) mass is 255 g/mol. The summed E-state index contributed by atoms with van der Waals surface area (Å²) in [5.41, 5.74) is 2.69. The maximum absolute atomic E-state index is 12.6. The first kappa shape index (κ1) is 12.0. The second-order valence-corrected chi connectivity index (χ2v) is 5.25. The molecule has 0 spiro atoms. The van der Waals surface area contributed by atoms with E-state index in [4.69, 9.17) is 0 Å². The van der Waals surface area contributed by atoms with E-state index in [0.717, 1.165) is 30.5 Å². The van der Waals surface area contributed by atoms with Gasteiger partial charge < -0.3 is 5.32 Å². The number of aromatic amines is 1. The summed E-state index contributed by atoms with van der Waals surface area (Å²) in [6, 6.07) is 8.26. The predicted molar refractivity (Wildman–Crippen MR) is 73.9 cm³/mol. The standard InChI is InChI=1S/C15H17N3O/c1-11-4-2-5-12(8-11)15(6-3-7-15)14(19)18-13-9-16-17-10-13/h2,4-5,8-10H,3,6-7H2,1H3,(H,16,17)(H,18,19). The van der Waals surface area contributed by atoms with Crippen molar-refractivity contribution in [1.82, 2.24) is 10.2 Å². The summed E-state index contributed by atoms with van der Waals surface area (Å²) in [4.78, 5) is 12.6. The van der Waals surface area contributed by atoms with E-state index in [1.165, 1.54) is 5.56 Å². The number of anilines is 1. The molecule has 1 heterocycles. The first-order valence-electron chi connectivity index (χ1n) is 6.58. The van der Waals surface area contributed by atoms with E-state index >= 15 is 0 Å². The van der Waals surface area contributed by atoms with Crippen molar-refractivity contribution in [2.24, 2.45) is 0 Å². The number of carbonyl (C=O) groups is 1. The van der Waals surface area contributed by atoms with Crippen molar-refractivity contribution in [2.75, 3.05) is 5.32 Å². The van der Waals surface area contributed by atoms with Gasteiger partial charge in [0.15, 0.2) is 0 Å². The van der Waals surface area contributed by atoms with Crippen molar-refractivity contribution in [1.29, 1.82) is 0 Å². The molecule has 1 aromatic carbocycles. The average Bonchev–Trinajstić information content (AvgIpc) is 2.80. The van der Waals surface area contributed by atoms with Crippen LogP contribution in [0.3, 0.4) is 0 Å². The fourth-order valence-electron chi connectivity index (χ4n) is 2.69. The Morgan fingerprint density at radius 2 is 2.26 bits per heavy atom. The molecule has 1 saturated carbocycles. The lowest BCUT2D eigenvalue weighted by Gasteiger charge is -2.40. The number of carbonyl (C=O) groups excluding carboxylic acids is 1. The molecule has 0 atom stereocenters. The number of nitrogens with zero attached hydrogens (tertiary/aromatic N) is 1. The third kappa shape index (κ3) is 2.03. The third-order valence-corrected chi connectivity index (χ3v) is 3.97. The van der Waals surface area contributed by atoms with Gasteiger partial charge in [-0.15, -0.1) is 0 Å². The summed E-state index contributed by atoms with van der Waals surface area (Å²) in [6.45, 7) is 2.06. The summed E-state index contributed by atoms with van der Waals surface area (Å²) in [7, 11) is 0. The molecule has 1 aliphatic rings. The molecule has 1 aromatic heterocycles. The van der Waals surface area contributed by atoms with Crippen LogP contribution in [0.15, 0.2) is 36.7 Å². The van der Waals surface area contributed by atoms with Gasteiger partial charge in [0, 0.05) is 6.20 Å². The molecule has 1 amide bonds. The van der Waals surface area contributed by atoms with Crippen molar-refractivity contribution in [3.05, 3.63) is 47.8 Å². The van der Waals surface area contributed by atoms with Gasteiger partial charge in [-0.1, -0.05) is 36.2 Å². The van der Waals surface area contributed by atoms with Crippen molar-refractivity contribution in [3.8, 4) is 0 Å². The Balaban J connectivity index is 1.88. The zero-order valence-electron chi connectivity index (χ0n) is 10.9. The van der Waals surface area contributed by atoms with Gasteiger partial charge in [-0.3, -0.25) is 9.89 Å². The molecule has 4 heteroatoms. The molecule has 19 heavy (non-hydrogen) atoms. The highest BCUT2D eigenvalue weighted by molar-refractivity contribution is 5.99. The summed E-state index contributed by atoms with van der Waals surface area (Å²) in [5, 5.41) is 9.50.